The maximum atomic E-state index is 4.54. The van der Waals surface area contributed by atoms with Gasteiger partial charge in [-0.25, -0.2) is 4.98 Å². The van der Waals surface area contributed by atoms with Crippen LogP contribution in [0.5, 0.6) is 0 Å². The molecule has 4 nitrogen and oxygen atoms in total. The molecule has 0 aromatic carbocycles. The number of thiazole rings is 1. The molecular weight excluding hydrogens is 407 g/mol. The normalized spacial score (nSPS) is 16.2. The van der Waals surface area contributed by atoms with Gasteiger partial charge in [-0.15, -0.1) is 35.3 Å². The van der Waals surface area contributed by atoms with Crippen LogP contribution in [0.15, 0.2) is 4.99 Å². The first-order chi connectivity index (χ1) is 10.2. The minimum Gasteiger partial charge on any atom is -0.356 e. The zero-order valence-electron chi connectivity index (χ0n) is 13.9. The molecule has 1 fully saturated rings. The van der Waals surface area contributed by atoms with Gasteiger partial charge in [0.2, 0.25) is 0 Å². The molecule has 0 amide bonds. The first-order valence-electron chi connectivity index (χ1n) is 8.06. The van der Waals surface area contributed by atoms with Gasteiger partial charge in [-0.05, 0) is 26.2 Å². The topological polar surface area (TPSA) is 49.3 Å². The second-order valence-electron chi connectivity index (χ2n) is 5.89. The fraction of sp³-hybridized carbons (Fsp3) is 0.750. The summed E-state index contributed by atoms with van der Waals surface area (Å²) in [6, 6.07) is 0. The number of aromatic nitrogens is 1. The van der Waals surface area contributed by atoms with E-state index in [4.69, 9.17) is 0 Å². The Morgan fingerprint density at radius 1 is 1.23 bits per heavy atom. The maximum absolute atomic E-state index is 4.54. The number of nitrogens with one attached hydrogen (secondary N) is 2. The monoisotopic (exact) mass is 436 g/mol. The van der Waals surface area contributed by atoms with Gasteiger partial charge in [0, 0.05) is 18.5 Å². The number of halogens is 1. The van der Waals surface area contributed by atoms with Crippen molar-refractivity contribution in [1.29, 1.82) is 0 Å². The van der Waals surface area contributed by atoms with Crippen LogP contribution in [0.3, 0.4) is 0 Å². The van der Waals surface area contributed by atoms with Crippen LogP contribution in [0.1, 0.15) is 54.1 Å². The summed E-state index contributed by atoms with van der Waals surface area (Å²) in [7, 11) is 1.83. The van der Waals surface area contributed by atoms with E-state index in [0.717, 1.165) is 35.7 Å². The highest BCUT2D eigenvalue weighted by Crippen LogP contribution is 2.25. The molecule has 1 heterocycles. The quantitative estimate of drug-likeness (QED) is 0.417. The number of hydrogen-bond acceptors (Lipinski definition) is 3. The van der Waals surface area contributed by atoms with Crippen molar-refractivity contribution in [2.45, 2.75) is 58.9 Å². The summed E-state index contributed by atoms with van der Waals surface area (Å²) >= 11 is 1.76. The van der Waals surface area contributed by atoms with Crippen molar-refractivity contribution in [2.24, 2.45) is 10.9 Å². The van der Waals surface area contributed by atoms with Crippen molar-refractivity contribution in [3.05, 3.63) is 15.6 Å². The Kier molecular flexibility index (Phi) is 9.31. The van der Waals surface area contributed by atoms with Crippen molar-refractivity contribution in [2.75, 3.05) is 13.6 Å². The van der Waals surface area contributed by atoms with E-state index in [9.17, 15) is 0 Å². The lowest BCUT2D eigenvalue weighted by Crippen LogP contribution is -2.37. The first-order valence-corrected chi connectivity index (χ1v) is 8.88. The van der Waals surface area contributed by atoms with Crippen LogP contribution in [-0.2, 0) is 6.54 Å². The van der Waals surface area contributed by atoms with Crippen molar-refractivity contribution < 1.29 is 0 Å². The van der Waals surface area contributed by atoms with E-state index in [1.165, 1.54) is 43.4 Å². The average molecular weight is 436 g/mol. The van der Waals surface area contributed by atoms with Crippen LogP contribution in [0, 0.1) is 19.8 Å². The number of aliphatic imine (C=N–C) groups is 1. The molecule has 0 saturated heterocycles. The lowest BCUT2D eigenvalue weighted by atomic mass is 9.87. The Morgan fingerprint density at radius 3 is 2.55 bits per heavy atom. The number of aryl methyl sites for hydroxylation is 2. The molecule has 0 atom stereocenters. The van der Waals surface area contributed by atoms with Crippen molar-refractivity contribution in [3.8, 4) is 0 Å². The van der Waals surface area contributed by atoms with Crippen LogP contribution in [0.25, 0.3) is 0 Å². The summed E-state index contributed by atoms with van der Waals surface area (Å²) in [5.74, 6) is 1.80. The van der Waals surface area contributed by atoms with Crippen molar-refractivity contribution >= 4 is 41.3 Å². The summed E-state index contributed by atoms with van der Waals surface area (Å²) in [6.45, 7) is 5.95. The highest BCUT2D eigenvalue weighted by atomic mass is 127. The average Bonchev–Trinajstić information content (AvgIpc) is 2.82. The van der Waals surface area contributed by atoms with E-state index in [0.29, 0.717) is 0 Å². The molecule has 22 heavy (non-hydrogen) atoms. The summed E-state index contributed by atoms with van der Waals surface area (Å²) in [6.07, 6.45) is 8.34. The minimum atomic E-state index is 0. The second kappa shape index (κ2) is 10.4. The molecule has 0 aliphatic heterocycles. The van der Waals surface area contributed by atoms with E-state index >= 15 is 0 Å². The number of rotatable bonds is 5. The van der Waals surface area contributed by atoms with Gasteiger partial charge in [0.05, 0.1) is 12.2 Å². The van der Waals surface area contributed by atoms with Gasteiger partial charge < -0.3 is 10.6 Å². The summed E-state index contributed by atoms with van der Waals surface area (Å²) in [5.41, 5.74) is 1.14. The molecule has 1 aromatic rings. The van der Waals surface area contributed by atoms with E-state index in [1.54, 1.807) is 11.3 Å². The fourth-order valence-corrected chi connectivity index (χ4v) is 3.74. The Bertz CT molecular complexity index is 447. The molecule has 0 bridgehead atoms. The van der Waals surface area contributed by atoms with Gasteiger partial charge >= 0.3 is 0 Å². The molecule has 0 unspecified atom stereocenters. The summed E-state index contributed by atoms with van der Waals surface area (Å²) < 4.78 is 0. The van der Waals surface area contributed by atoms with Crippen molar-refractivity contribution in [1.82, 2.24) is 15.6 Å². The number of nitrogens with zero attached hydrogens (tertiary/aromatic N) is 2. The first kappa shape index (κ1) is 19.7. The third-order valence-electron chi connectivity index (χ3n) is 4.27. The predicted molar refractivity (Wildman–Crippen MR) is 106 cm³/mol. The second-order valence-corrected chi connectivity index (χ2v) is 7.18. The zero-order chi connectivity index (χ0) is 15.1. The standard InChI is InChI=1S/C16H28N4S.HI/c1-12-13(2)21-15(20-12)11-19-16(17-3)18-10-9-14-7-5-4-6-8-14;/h14H,4-11H2,1-3H3,(H2,17,18,19);1H. The van der Waals surface area contributed by atoms with E-state index < -0.39 is 0 Å². The lowest BCUT2D eigenvalue weighted by molar-refractivity contribution is 0.339. The van der Waals surface area contributed by atoms with Gasteiger partial charge in [0.25, 0.3) is 0 Å². The van der Waals surface area contributed by atoms with Crippen molar-refractivity contribution in [3.63, 3.8) is 0 Å². The van der Waals surface area contributed by atoms with E-state index in [2.05, 4.69) is 34.5 Å². The zero-order valence-corrected chi connectivity index (χ0v) is 17.1. The van der Waals surface area contributed by atoms with E-state index in [-0.39, 0.29) is 24.0 Å². The smallest absolute Gasteiger partial charge is 0.191 e. The highest BCUT2D eigenvalue weighted by Gasteiger charge is 2.13. The molecule has 0 spiro atoms. The van der Waals surface area contributed by atoms with Gasteiger partial charge in [-0.3, -0.25) is 4.99 Å². The van der Waals surface area contributed by atoms with E-state index in [1.807, 2.05) is 7.05 Å². The third-order valence-corrected chi connectivity index (χ3v) is 5.35. The van der Waals surface area contributed by atoms with Crippen LogP contribution >= 0.6 is 35.3 Å². The van der Waals surface area contributed by atoms with Crippen LogP contribution in [0.4, 0.5) is 0 Å². The van der Waals surface area contributed by atoms with Gasteiger partial charge in [-0.2, -0.15) is 0 Å². The number of hydrogen-bond donors (Lipinski definition) is 2. The third kappa shape index (κ3) is 6.40. The fourth-order valence-electron chi connectivity index (χ4n) is 2.87. The van der Waals surface area contributed by atoms with Gasteiger partial charge in [0.1, 0.15) is 5.01 Å². The molecule has 2 N–H and O–H groups in total. The molecule has 1 aliphatic carbocycles. The van der Waals surface area contributed by atoms with Crippen LogP contribution in [0.2, 0.25) is 0 Å². The molecule has 1 saturated carbocycles. The van der Waals surface area contributed by atoms with Gasteiger partial charge in [-0.1, -0.05) is 32.1 Å². The van der Waals surface area contributed by atoms with Gasteiger partial charge in [0.15, 0.2) is 5.96 Å². The SMILES string of the molecule is CN=C(NCCC1CCCCC1)NCc1nc(C)c(C)s1.I. The Morgan fingerprint density at radius 2 is 1.95 bits per heavy atom. The molecule has 0 radical (unpaired) electrons. The molecule has 1 aromatic heterocycles. The molecule has 1 aliphatic rings. The molecule has 2 rings (SSSR count). The maximum Gasteiger partial charge on any atom is 0.191 e. The molecule has 6 heteroatoms. The Labute approximate surface area is 155 Å². The Balaban J connectivity index is 0.00000242. The van der Waals surface area contributed by atoms with Crippen LogP contribution in [-0.4, -0.2) is 24.5 Å². The molecular formula is C16H29IN4S. The summed E-state index contributed by atoms with van der Waals surface area (Å²) in [4.78, 5) is 10.1. The molecule has 126 valence electrons. The number of guanidine groups is 1. The predicted octanol–water partition coefficient (Wildman–Crippen LogP) is 4.01. The highest BCUT2D eigenvalue weighted by molar-refractivity contribution is 14.0. The Hall–Kier alpha value is -0.370. The largest absolute Gasteiger partial charge is 0.356 e. The summed E-state index contributed by atoms with van der Waals surface area (Å²) in [5, 5.41) is 7.90. The minimum absolute atomic E-state index is 0. The van der Waals surface area contributed by atoms with Crippen LogP contribution < -0.4 is 10.6 Å². The lowest BCUT2D eigenvalue weighted by Gasteiger charge is -2.22.